The lowest BCUT2D eigenvalue weighted by Gasteiger charge is -2.51. The van der Waals surface area contributed by atoms with E-state index in [0.717, 1.165) is 19.3 Å². The van der Waals surface area contributed by atoms with Crippen LogP contribution >= 0.6 is 22.6 Å². The summed E-state index contributed by atoms with van der Waals surface area (Å²) in [6.07, 6.45) is 6.50. The summed E-state index contributed by atoms with van der Waals surface area (Å²) in [5.74, 6) is 0.899. The van der Waals surface area contributed by atoms with E-state index in [-0.39, 0.29) is 29.5 Å². The SMILES string of the molecule is CC[C@H]1CC[C@@H]2O[C@@H]([C@H](/C=C/I)O[Si](C)(C)C(C)(C)C)[C@@H](C)[C@@H](C)[C@H]2O1. The second kappa shape index (κ2) is 8.93. The molecule has 0 aromatic heterocycles. The van der Waals surface area contributed by atoms with E-state index >= 15 is 0 Å². The number of hydrogen-bond acceptors (Lipinski definition) is 3. The molecule has 0 aromatic carbocycles. The van der Waals surface area contributed by atoms with Crippen LogP contribution in [0.25, 0.3) is 0 Å². The molecule has 152 valence electrons. The van der Waals surface area contributed by atoms with Crippen LogP contribution in [0, 0.1) is 11.8 Å². The molecule has 2 heterocycles. The fourth-order valence-corrected chi connectivity index (χ4v) is 5.56. The van der Waals surface area contributed by atoms with E-state index in [4.69, 9.17) is 13.9 Å². The van der Waals surface area contributed by atoms with Crippen molar-refractivity contribution in [2.24, 2.45) is 11.8 Å². The Morgan fingerprint density at radius 1 is 1.15 bits per heavy atom. The van der Waals surface area contributed by atoms with Crippen LogP contribution in [0.15, 0.2) is 10.2 Å². The third-order valence-corrected chi connectivity index (χ3v) is 11.9. The fraction of sp³-hybridized carbons (Fsp3) is 0.905. The lowest BCUT2D eigenvalue weighted by Crippen LogP contribution is -2.58. The molecule has 2 aliphatic rings. The highest BCUT2D eigenvalue weighted by Gasteiger charge is 2.49. The number of ether oxygens (including phenoxy) is 2. The lowest BCUT2D eigenvalue weighted by molar-refractivity contribution is -0.237. The molecule has 0 radical (unpaired) electrons. The fourth-order valence-electron chi connectivity index (χ4n) is 3.91. The van der Waals surface area contributed by atoms with Crippen LogP contribution in [-0.4, -0.2) is 38.8 Å². The van der Waals surface area contributed by atoms with Crippen molar-refractivity contribution in [1.29, 1.82) is 0 Å². The van der Waals surface area contributed by atoms with Crippen LogP contribution in [0.3, 0.4) is 0 Å². The van der Waals surface area contributed by atoms with E-state index in [0.29, 0.717) is 17.9 Å². The van der Waals surface area contributed by atoms with Crippen LogP contribution in [0.1, 0.15) is 60.8 Å². The summed E-state index contributed by atoms with van der Waals surface area (Å²) >= 11 is 2.30. The number of rotatable bonds is 5. The molecule has 0 aromatic rings. The van der Waals surface area contributed by atoms with Crippen molar-refractivity contribution in [3.8, 4) is 0 Å². The quantitative estimate of drug-likeness (QED) is 0.331. The molecule has 0 N–H and O–H groups in total. The van der Waals surface area contributed by atoms with Crippen LogP contribution in [0.5, 0.6) is 0 Å². The highest BCUT2D eigenvalue weighted by atomic mass is 127. The summed E-state index contributed by atoms with van der Waals surface area (Å²) < 4.78 is 21.9. The Balaban J connectivity index is 2.19. The smallest absolute Gasteiger partial charge is 0.193 e. The highest BCUT2D eigenvalue weighted by Crippen LogP contribution is 2.43. The van der Waals surface area contributed by atoms with E-state index in [9.17, 15) is 0 Å². The van der Waals surface area contributed by atoms with Crippen LogP contribution in [0.4, 0.5) is 0 Å². The Hall–Kier alpha value is 0.567. The van der Waals surface area contributed by atoms with E-state index in [1.54, 1.807) is 0 Å². The Bertz CT molecular complexity index is 486. The van der Waals surface area contributed by atoms with Gasteiger partial charge in [-0.1, -0.05) is 64.1 Å². The highest BCUT2D eigenvalue weighted by molar-refractivity contribution is 14.1. The second-order valence-electron chi connectivity index (χ2n) is 9.73. The molecular formula is C21H39IO3Si. The maximum atomic E-state index is 6.80. The van der Waals surface area contributed by atoms with Crippen molar-refractivity contribution in [1.82, 2.24) is 0 Å². The van der Waals surface area contributed by atoms with Gasteiger partial charge < -0.3 is 13.9 Å². The topological polar surface area (TPSA) is 27.7 Å². The predicted molar refractivity (Wildman–Crippen MR) is 120 cm³/mol. The Morgan fingerprint density at radius 2 is 1.81 bits per heavy atom. The molecule has 2 aliphatic heterocycles. The van der Waals surface area contributed by atoms with Gasteiger partial charge in [-0.25, -0.2) is 0 Å². The third-order valence-electron chi connectivity index (χ3n) is 6.97. The number of fused-ring (bicyclic) bond motifs is 1. The zero-order valence-electron chi connectivity index (χ0n) is 17.9. The zero-order chi connectivity index (χ0) is 19.7. The molecule has 0 aliphatic carbocycles. The van der Waals surface area contributed by atoms with Gasteiger partial charge in [-0.15, -0.1) is 0 Å². The Labute approximate surface area is 175 Å². The van der Waals surface area contributed by atoms with Crippen molar-refractivity contribution in [3.63, 3.8) is 0 Å². The van der Waals surface area contributed by atoms with Crippen molar-refractivity contribution in [2.75, 3.05) is 0 Å². The first-order valence-electron chi connectivity index (χ1n) is 10.3. The first-order chi connectivity index (χ1) is 12.0. The van der Waals surface area contributed by atoms with E-state index in [1.165, 1.54) is 0 Å². The average molecular weight is 495 g/mol. The third kappa shape index (κ3) is 4.94. The maximum Gasteiger partial charge on any atom is 0.193 e. The molecule has 0 bridgehead atoms. The predicted octanol–water partition coefficient (Wildman–Crippen LogP) is 6.32. The maximum absolute atomic E-state index is 6.80. The van der Waals surface area contributed by atoms with Gasteiger partial charge in [-0.2, -0.15) is 0 Å². The lowest BCUT2D eigenvalue weighted by atomic mass is 9.77. The normalized spacial score (nSPS) is 37.6. The van der Waals surface area contributed by atoms with Gasteiger partial charge in [0.2, 0.25) is 0 Å². The number of halogens is 1. The first kappa shape index (κ1) is 22.9. The molecule has 7 atom stereocenters. The standard InChI is InChI=1S/C21H39IO3Si/c1-9-16-10-11-17-19(23-16)14(2)15(3)20(24-17)18(12-13-22)25-26(7,8)21(4,5)6/h12-20H,9-11H2,1-8H3/b13-12+/t14-,15+,16+,17+,18+,19-,20-/m1/s1. The summed E-state index contributed by atoms with van der Waals surface area (Å²) in [6, 6.07) is 0. The Kier molecular flexibility index (Phi) is 7.85. The molecule has 0 amide bonds. The summed E-state index contributed by atoms with van der Waals surface area (Å²) in [7, 11) is -1.87. The second-order valence-corrected chi connectivity index (χ2v) is 15.2. The molecule has 2 rings (SSSR count). The van der Waals surface area contributed by atoms with Gasteiger partial charge >= 0.3 is 0 Å². The van der Waals surface area contributed by atoms with Crippen molar-refractivity contribution in [3.05, 3.63) is 10.2 Å². The summed E-state index contributed by atoms with van der Waals surface area (Å²) in [4.78, 5) is 0. The zero-order valence-corrected chi connectivity index (χ0v) is 21.1. The molecule has 0 spiro atoms. The summed E-state index contributed by atoms with van der Waals surface area (Å²) in [6.45, 7) is 18.4. The molecular weight excluding hydrogens is 455 g/mol. The van der Waals surface area contributed by atoms with Crippen LogP contribution < -0.4 is 0 Å². The first-order valence-corrected chi connectivity index (χ1v) is 14.4. The van der Waals surface area contributed by atoms with Crippen LogP contribution in [0.2, 0.25) is 18.1 Å². The largest absolute Gasteiger partial charge is 0.408 e. The molecule has 3 nitrogen and oxygen atoms in total. The van der Waals surface area contributed by atoms with E-state index in [2.05, 4.69) is 87.4 Å². The minimum atomic E-state index is -1.87. The van der Waals surface area contributed by atoms with Gasteiger partial charge in [-0.3, -0.25) is 0 Å². The molecule has 2 saturated heterocycles. The number of hydrogen-bond donors (Lipinski definition) is 0. The molecule has 2 fully saturated rings. The molecule has 0 unspecified atom stereocenters. The van der Waals surface area contributed by atoms with Crippen molar-refractivity contribution < 1.29 is 13.9 Å². The summed E-state index contributed by atoms with van der Waals surface area (Å²) in [5, 5.41) is 0.193. The Morgan fingerprint density at radius 3 is 2.35 bits per heavy atom. The van der Waals surface area contributed by atoms with Gasteiger partial charge in [0.15, 0.2) is 8.32 Å². The van der Waals surface area contributed by atoms with Gasteiger partial charge in [0.25, 0.3) is 0 Å². The average Bonchev–Trinajstić information content (AvgIpc) is 2.56. The minimum absolute atomic E-state index is 0.0232. The van der Waals surface area contributed by atoms with Crippen molar-refractivity contribution >= 4 is 30.9 Å². The molecule has 0 saturated carbocycles. The van der Waals surface area contributed by atoms with Gasteiger partial charge in [0, 0.05) is 0 Å². The van der Waals surface area contributed by atoms with E-state index in [1.807, 2.05) is 0 Å². The van der Waals surface area contributed by atoms with Crippen LogP contribution in [-0.2, 0) is 13.9 Å². The monoisotopic (exact) mass is 494 g/mol. The van der Waals surface area contributed by atoms with Gasteiger partial charge in [0.1, 0.15) is 0 Å². The van der Waals surface area contributed by atoms with Gasteiger partial charge in [-0.05, 0) is 59.4 Å². The van der Waals surface area contributed by atoms with E-state index < -0.39 is 8.32 Å². The van der Waals surface area contributed by atoms with Crippen molar-refractivity contribution in [2.45, 2.75) is 109 Å². The minimum Gasteiger partial charge on any atom is -0.408 e. The molecule has 5 heteroatoms. The summed E-state index contributed by atoms with van der Waals surface area (Å²) in [5.41, 5.74) is 0. The molecule has 26 heavy (non-hydrogen) atoms. The van der Waals surface area contributed by atoms with Gasteiger partial charge in [0.05, 0.1) is 30.5 Å².